The van der Waals surface area contributed by atoms with Crippen LogP contribution in [0.1, 0.15) is 12.8 Å². The second kappa shape index (κ2) is 10.8. The zero-order chi connectivity index (χ0) is 16.1. The van der Waals surface area contributed by atoms with Crippen LogP contribution < -0.4 is 15.5 Å². The molecule has 1 aromatic carbocycles. The van der Waals surface area contributed by atoms with Gasteiger partial charge in [-0.2, -0.15) is 0 Å². The standard InChI is InChI=1S/C17H24FN3O2.2ClH/c18-14-1-3-16(4-2-14)21-7-5-13(11-21)10-20-17(22)9-15-12-23-8-6-19-15;;/h1-4,13,15,19H,5-12H2,(H,20,22);2*1H. The summed E-state index contributed by atoms with van der Waals surface area (Å²) in [5.74, 6) is 0.310. The number of carbonyl (C=O) groups excluding carboxylic acids is 1. The van der Waals surface area contributed by atoms with E-state index in [9.17, 15) is 9.18 Å². The maximum absolute atomic E-state index is 13.0. The third-order valence-corrected chi connectivity index (χ3v) is 4.50. The highest BCUT2D eigenvalue weighted by atomic mass is 35.5. The lowest BCUT2D eigenvalue weighted by atomic mass is 10.1. The lowest BCUT2D eigenvalue weighted by molar-refractivity contribution is -0.122. The van der Waals surface area contributed by atoms with Gasteiger partial charge in [0.1, 0.15) is 5.82 Å². The van der Waals surface area contributed by atoms with Crippen molar-refractivity contribution in [1.29, 1.82) is 0 Å². The third kappa shape index (κ3) is 6.62. The van der Waals surface area contributed by atoms with Crippen LogP contribution in [-0.4, -0.2) is 51.3 Å². The summed E-state index contributed by atoms with van der Waals surface area (Å²) in [4.78, 5) is 14.2. The lowest BCUT2D eigenvalue weighted by Crippen LogP contribution is -2.44. The number of morpholine rings is 1. The van der Waals surface area contributed by atoms with Crippen LogP contribution in [0.3, 0.4) is 0 Å². The van der Waals surface area contributed by atoms with Gasteiger partial charge in [-0.25, -0.2) is 4.39 Å². The average molecular weight is 394 g/mol. The molecule has 142 valence electrons. The quantitative estimate of drug-likeness (QED) is 0.802. The molecule has 2 atom stereocenters. The molecule has 0 aromatic heterocycles. The lowest BCUT2D eigenvalue weighted by Gasteiger charge is -2.23. The van der Waals surface area contributed by atoms with Crippen molar-refractivity contribution in [3.8, 4) is 0 Å². The first-order chi connectivity index (χ1) is 11.2. The van der Waals surface area contributed by atoms with Crippen molar-refractivity contribution in [3.63, 3.8) is 0 Å². The fourth-order valence-electron chi connectivity index (χ4n) is 3.19. The van der Waals surface area contributed by atoms with Gasteiger partial charge in [-0.3, -0.25) is 4.79 Å². The number of amides is 1. The Kier molecular flexibility index (Phi) is 9.50. The molecule has 2 saturated heterocycles. The molecule has 25 heavy (non-hydrogen) atoms. The molecular weight excluding hydrogens is 368 g/mol. The average Bonchev–Trinajstić information content (AvgIpc) is 3.04. The van der Waals surface area contributed by atoms with Crippen LogP contribution in [0.25, 0.3) is 0 Å². The number of nitrogens with one attached hydrogen (secondary N) is 2. The maximum Gasteiger partial charge on any atom is 0.221 e. The van der Waals surface area contributed by atoms with Gasteiger partial charge in [0.25, 0.3) is 0 Å². The van der Waals surface area contributed by atoms with E-state index in [0.717, 1.165) is 38.3 Å². The number of hydrogen-bond donors (Lipinski definition) is 2. The van der Waals surface area contributed by atoms with Gasteiger partial charge in [-0.15, -0.1) is 24.8 Å². The number of ether oxygens (including phenoxy) is 1. The molecule has 2 heterocycles. The first-order valence-corrected chi connectivity index (χ1v) is 8.29. The van der Waals surface area contributed by atoms with Crippen molar-refractivity contribution >= 4 is 36.4 Å². The molecule has 2 aliphatic heterocycles. The fraction of sp³-hybridized carbons (Fsp3) is 0.588. The Morgan fingerprint density at radius 1 is 1.32 bits per heavy atom. The molecule has 8 heteroatoms. The van der Waals surface area contributed by atoms with Gasteiger partial charge in [-0.1, -0.05) is 0 Å². The van der Waals surface area contributed by atoms with Crippen molar-refractivity contribution < 1.29 is 13.9 Å². The zero-order valence-electron chi connectivity index (χ0n) is 14.1. The molecule has 2 N–H and O–H groups in total. The maximum atomic E-state index is 13.0. The highest BCUT2D eigenvalue weighted by Crippen LogP contribution is 2.23. The van der Waals surface area contributed by atoms with Crippen LogP contribution in [0, 0.1) is 11.7 Å². The Labute approximate surface area is 160 Å². The summed E-state index contributed by atoms with van der Waals surface area (Å²) in [5.41, 5.74) is 1.05. The smallest absolute Gasteiger partial charge is 0.221 e. The Hall–Kier alpha value is -1.08. The Morgan fingerprint density at radius 2 is 2.08 bits per heavy atom. The molecule has 0 radical (unpaired) electrons. The number of anilines is 1. The highest BCUT2D eigenvalue weighted by molar-refractivity contribution is 5.85. The first-order valence-electron chi connectivity index (χ1n) is 8.29. The molecule has 0 aliphatic carbocycles. The number of hydrogen-bond acceptors (Lipinski definition) is 4. The number of carbonyl (C=O) groups is 1. The fourth-order valence-corrected chi connectivity index (χ4v) is 3.19. The van der Waals surface area contributed by atoms with Crippen LogP contribution in [0.5, 0.6) is 0 Å². The molecule has 0 saturated carbocycles. The molecule has 3 rings (SSSR count). The largest absolute Gasteiger partial charge is 0.378 e. The van der Waals surface area contributed by atoms with Gasteiger partial charge in [0.2, 0.25) is 5.91 Å². The minimum atomic E-state index is -0.211. The first kappa shape index (κ1) is 22.0. The van der Waals surface area contributed by atoms with E-state index in [4.69, 9.17) is 4.74 Å². The van der Waals surface area contributed by atoms with E-state index in [0.29, 0.717) is 25.5 Å². The van der Waals surface area contributed by atoms with Gasteiger partial charge in [-0.05, 0) is 36.6 Å². The number of halogens is 3. The van der Waals surface area contributed by atoms with E-state index in [1.165, 1.54) is 12.1 Å². The van der Waals surface area contributed by atoms with Gasteiger partial charge in [0.15, 0.2) is 0 Å². The number of rotatable bonds is 5. The molecular formula is C17H26Cl2FN3O2. The highest BCUT2D eigenvalue weighted by Gasteiger charge is 2.24. The van der Waals surface area contributed by atoms with E-state index in [1.807, 2.05) is 12.1 Å². The number of benzene rings is 1. The van der Waals surface area contributed by atoms with Gasteiger partial charge in [0.05, 0.1) is 13.2 Å². The van der Waals surface area contributed by atoms with Crippen molar-refractivity contribution in [3.05, 3.63) is 30.1 Å². The molecule has 2 aliphatic rings. The Bertz CT molecular complexity index is 527. The molecule has 2 fully saturated rings. The van der Waals surface area contributed by atoms with Crippen molar-refractivity contribution in [1.82, 2.24) is 10.6 Å². The summed E-state index contributed by atoms with van der Waals surface area (Å²) in [6.45, 7) is 4.69. The van der Waals surface area contributed by atoms with Crippen LogP contribution in [-0.2, 0) is 9.53 Å². The normalized spacial score (nSPS) is 22.7. The Balaban J connectivity index is 0.00000156. The topological polar surface area (TPSA) is 53.6 Å². The van der Waals surface area contributed by atoms with Gasteiger partial charge >= 0.3 is 0 Å². The Morgan fingerprint density at radius 3 is 2.76 bits per heavy atom. The predicted octanol–water partition coefficient (Wildman–Crippen LogP) is 1.99. The predicted molar refractivity (Wildman–Crippen MR) is 101 cm³/mol. The van der Waals surface area contributed by atoms with Crippen molar-refractivity contribution in [2.45, 2.75) is 18.9 Å². The van der Waals surface area contributed by atoms with Crippen molar-refractivity contribution in [2.75, 3.05) is 44.3 Å². The summed E-state index contributed by atoms with van der Waals surface area (Å²) < 4.78 is 18.3. The summed E-state index contributed by atoms with van der Waals surface area (Å²) in [6.07, 6.45) is 1.51. The van der Waals surface area contributed by atoms with Crippen molar-refractivity contribution in [2.24, 2.45) is 5.92 Å². The molecule has 0 bridgehead atoms. The van der Waals surface area contributed by atoms with E-state index in [-0.39, 0.29) is 42.6 Å². The molecule has 1 aromatic rings. The minimum absolute atomic E-state index is 0. The van der Waals surface area contributed by atoms with E-state index >= 15 is 0 Å². The summed E-state index contributed by atoms with van der Waals surface area (Å²) in [6, 6.07) is 6.73. The zero-order valence-corrected chi connectivity index (χ0v) is 15.7. The van der Waals surface area contributed by atoms with Gasteiger partial charge < -0.3 is 20.3 Å². The molecule has 1 amide bonds. The van der Waals surface area contributed by atoms with Crippen LogP contribution in [0.4, 0.5) is 10.1 Å². The van der Waals surface area contributed by atoms with Crippen LogP contribution in [0.2, 0.25) is 0 Å². The van der Waals surface area contributed by atoms with E-state index in [1.54, 1.807) is 0 Å². The van der Waals surface area contributed by atoms with Crippen LogP contribution in [0.15, 0.2) is 24.3 Å². The second-order valence-electron chi connectivity index (χ2n) is 6.31. The SMILES string of the molecule is Cl.Cl.O=C(CC1COCCN1)NCC1CCN(c2ccc(F)cc2)C1. The van der Waals surface area contributed by atoms with E-state index in [2.05, 4.69) is 15.5 Å². The molecule has 5 nitrogen and oxygen atoms in total. The molecule has 0 spiro atoms. The second-order valence-corrected chi connectivity index (χ2v) is 6.31. The molecule has 2 unspecified atom stereocenters. The minimum Gasteiger partial charge on any atom is -0.378 e. The monoisotopic (exact) mass is 393 g/mol. The van der Waals surface area contributed by atoms with Crippen LogP contribution >= 0.6 is 24.8 Å². The summed E-state index contributed by atoms with van der Waals surface area (Å²) in [5, 5.41) is 6.32. The van der Waals surface area contributed by atoms with Gasteiger partial charge in [0, 0.05) is 44.3 Å². The summed E-state index contributed by atoms with van der Waals surface area (Å²) >= 11 is 0. The third-order valence-electron chi connectivity index (χ3n) is 4.50. The summed E-state index contributed by atoms with van der Waals surface area (Å²) in [7, 11) is 0. The number of nitrogens with zero attached hydrogens (tertiary/aromatic N) is 1. The van der Waals surface area contributed by atoms with E-state index < -0.39 is 0 Å².